The minimum Gasteiger partial charge on any atom is -0.379 e. The van der Waals surface area contributed by atoms with Crippen molar-refractivity contribution in [1.82, 2.24) is 10.2 Å². The van der Waals surface area contributed by atoms with Gasteiger partial charge < -0.3 is 10.4 Å². The van der Waals surface area contributed by atoms with Gasteiger partial charge in [-0.25, -0.2) is 0 Å². The maximum absolute atomic E-state index is 12.3. The van der Waals surface area contributed by atoms with Gasteiger partial charge in [0.25, 0.3) is 5.91 Å². The SMILES string of the molecule is CCN(CC)C(CNC(=O)C1(O)CCSC1)c1ccsc1. The molecule has 21 heavy (non-hydrogen) atoms. The van der Waals surface area contributed by atoms with E-state index in [1.54, 1.807) is 23.1 Å². The third-order valence-electron chi connectivity index (χ3n) is 4.06. The van der Waals surface area contributed by atoms with E-state index in [4.69, 9.17) is 0 Å². The molecule has 2 atom stereocenters. The van der Waals surface area contributed by atoms with Crippen LogP contribution in [-0.2, 0) is 4.79 Å². The Kier molecular flexibility index (Phi) is 6.10. The molecule has 1 saturated heterocycles. The monoisotopic (exact) mass is 328 g/mol. The molecule has 0 radical (unpaired) electrons. The van der Waals surface area contributed by atoms with Gasteiger partial charge in [0.2, 0.25) is 0 Å². The number of likely N-dealkylation sites (N-methyl/N-ethyl adjacent to an activating group) is 1. The maximum atomic E-state index is 12.3. The van der Waals surface area contributed by atoms with Crippen LogP contribution < -0.4 is 5.32 Å². The van der Waals surface area contributed by atoms with Crippen LogP contribution in [0.15, 0.2) is 16.8 Å². The molecule has 0 spiro atoms. The predicted molar refractivity (Wildman–Crippen MR) is 89.9 cm³/mol. The number of aliphatic hydroxyl groups is 1. The summed E-state index contributed by atoms with van der Waals surface area (Å²) in [5, 5.41) is 17.5. The summed E-state index contributed by atoms with van der Waals surface area (Å²) in [7, 11) is 0. The zero-order valence-electron chi connectivity index (χ0n) is 12.7. The zero-order valence-corrected chi connectivity index (χ0v) is 14.3. The predicted octanol–water partition coefficient (Wildman–Crippen LogP) is 2.12. The molecule has 0 aliphatic carbocycles. The van der Waals surface area contributed by atoms with Gasteiger partial charge in [-0.1, -0.05) is 13.8 Å². The lowest BCUT2D eigenvalue weighted by Crippen LogP contribution is -2.49. The maximum Gasteiger partial charge on any atom is 0.252 e. The molecule has 2 heterocycles. The van der Waals surface area contributed by atoms with Crippen LogP contribution in [0, 0.1) is 0 Å². The highest BCUT2D eigenvalue weighted by Gasteiger charge is 2.39. The van der Waals surface area contributed by atoms with E-state index in [2.05, 4.69) is 40.9 Å². The van der Waals surface area contributed by atoms with Crippen molar-refractivity contribution in [3.05, 3.63) is 22.4 Å². The van der Waals surface area contributed by atoms with Crippen LogP contribution in [0.1, 0.15) is 31.9 Å². The summed E-state index contributed by atoms with van der Waals surface area (Å²) in [6, 6.07) is 2.28. The summed E-state index contributed by atoms with van der Waals surface area (Å²) in [4.78, 5) is 14.6. The molecule has 1 aromatic rings. The van der Waals surface area contributed by atoms with E-state index >= 15 is 0 Å². The lowest BCUT2D eigenvalue weighted by molar-refractivity contribution is -0.137. The van der Waals surface area contributed by atoms with Crippen molar-refractivity contribution in [3.63, 3.8) is 0 Å². The number of rotatable bonds is 7. The van der Waals surface area contributed by atoms with E-state index in [0.29, 0.717) is 18.7 Å². The average Bonchev–Trinajstić information content (AvgIpc) is 3.15. The Balaban J connectivity index is 2.00. The summed E-state index contributed by atoms with van der Waals surface area (Å²) < 4.78 is 0. The molecule has 6 heteroatoms. The Morgan fingerprint density at radius 1 is 1.52 bits per heavy atom. The van der Waals surface area contributed by atoms with Gasteiger partial charge in [0, 0.05) is 12.3 Å². The summed E-state index contributed by atoms with van der Waals surface area (Å²) in [6.45, 7) is 6.68. The first-order valence-electron chi connectivity index (χ1n) is 7.45. The van der Waals surface area contributed by atoms with Crippen molar-refractivity contribution >= 4 is 29.0 Å². The first-order chi connectivity index (χ1) is 10.1. The standard InChI is InChI=1S/C15H24N2O2S2/c1-3-17(4-2)13(12-5-7-20-10-12)9-16-14(18)15(19)6-8-21-11-15/h5,7,10,13,19H,3-4,6,8-9,11H2,1-2H3,(H,16,18). The second-order valence-electron chi connectivity index (χ2n) is 5.34. The van der Waals surface area contributed by atoms with Gasteiger partial charge in [-0.3, -0.25) is 9.69 Å². The van der Waals surface area contributed by atoms with Crippen LogP contribution in [0.4, 0.5) is 0 Å². The smallest absolute Gasteiger partial charge is 0.252 e. The van der Waals surface area contributed by atoms with Gasteiger partial charge in [0.05, 0.1) is 6.04 Å². The minimum atomic E-state index is -1.17. The molecule has 2 rings (SSSR count). The van der Waals surface area contributed by atoms with Crippen molar-refractivity contribution in [2.75, 3.05) is 31.1 Å². The molecule has 118 valence electrons. The summed E-state index contributed by atoms with van der Waals surface area (Å²) in [6.07, 6.45) is 0.553. The van der Waals surface area contributed by atoms with E-state index in [1.807, 2.05) is 0 Å². The van der Waals surface area contributed by atoms with Gasteiger partial charge in [-0.15, -0.1) is 0 Å². The molecule has 2 N–H and O–H groups in total. The van der Waals surface area contributed by atoms with Crippen LogP contribution in [0.3, 0.4) is 0 Å². The van der Waals surface area contributed by atoms with Crippen LogP contribution in [0.25, 0.3) is 0 Å². The van der Waals surface area contributed by atoms with Gasteiger partial charge >= 0.3 is 0 Å². The Hall–Kier alpha value is -0.560. The van der Waals surface area contributed by atoms with Gasteiger partial charge in [-0.2, -0.15) is 23.1 Å². The summed E-state index contributed by atoms with van der Waals surface area (Å²) in [5.74, 6) is 1.14. The molecule has 0 bridgehead atoms. The number of hydrogen-bond donors (Lipinski definition) is 2. The topological polar surface area (TPSA) is 52.6 Å². The molecule has 1 aromatic heterocycles. The van der Waals surface area contributed by atoms with E-state index in [9.17, 15) is 9.90 Å². The summed E-state index contributed by atoms with van der Waals surface area (Å²) in [5.41, 5.74) is 0.0596. The highest BCUT2D eigenvalue weighted by atomic mass is 32.2. The van der Waals surface area contributed by atoms with Gasteiger partial charge in [-0.05, 0) is 47.7 Å². The molecule has 0 saturated carbocycles. The second-order valence-corrected chi connectivity index (χ2v) is 7.22. The van der Waals surface area contributed by atoms with E-state index in [0.717, 1.165) is 18.8 Å². The number of hydrogen-bond acceptors (Lipinski definition) is 5. The molecule has 0 aromatic carbocycles. The van der Waals surface area contributed by atoms with E-state index in [1.165, 1.54) is 5.56 Å². The number of carbonyl (C=O) groups excluding carboxylic acids is 1. The van der Waals surface area contributed by atoms with Gasteiger partial charge in [0.15, 0.2) is 5.60 Å². The molecule has 1 amide bonds. The Morgan fingerprint density at radius 2 is 2.29 bits per heavy atom. The lowest BCUT2D eigenvalue weighted by atomic mass is 10.0. The van der Waals surface area contributed by atoms with Crippen LogP contribution in [0.2, 0.25) is 0 Å². The quantitative estimate of drug-likeness (QED) is 0.805. The Morgan fingerprint density at radius 3 is 2.81 bits per heavy atom. The highest BCUT2D eigenvalue weighted by Crippen LogP contribution is 2.28. The minimum absolute atomic E-state index is 0.174. The van der Waals surface area contributed by atoms with E-state index in [-0.39, 0.29) is 11.9 Å². The fourth-order valence-corrected chi connectivity index (χ4v) is 4.62. The number of nitrogens with one attached hydrogen (secondary N) is 1. The van der Waals surface area contributed by atoms with E-state index < -0.39 is 5.60 Å². The molecule has 4 nitrogen and oxygen atoms in total. The van der Waals surface area contributed by atoms with Crippen molar-refractivity contribution in [1.29, 1.82) is 0 Å². The normalized spacial score (nSPS) is 23.4. The zero-order chi connectivity index (χ0) is 15.3. The average molecular weight is 329 g/mol. The number of nitrogens with zero attached hydrogens (tertiary/aromatic N) is 1. The number of thiophene rings is 1. The molecular weight excluding hydrogens is 304 g/mol. The lowest BCUT2D eigenvalue weighted by Gasteiger charge is -2.30. The second kappa shape index (κ2) is 7.63. The van der Waals surface area contributed by atoms with Crippen LogP contribution in [-0.4, -0.2) is 52.7 Å². The third-order valence-corrected chi connectivity index (χ3v) is 5.94. The Labute approximate surface area is 134 Å². The highest BCUT2D eigenvalue weighted by molar-refractivity contribution is 7.99. The molecule has 2 unspecified atom stereocenters. The molecular formula is C15H24N2O2S2. The molecule has 1 fully saturated rings. The fourth-order valence-electron chi connectivity index (χ4n) is 2.67. The van der Waals surface area contributed by atoms with Crippen molar-refractivity contribution < 1.29 is 9.90 Å². The third kappa shape index (κ3) is 4.00. The number of carbonyl (C=O) groups is 1. The fraction of sp³-hybridized carbons (Fsp3) is 0.667. The molecule has 1 aliphatic heterocycles. The first-order valence-corrected chi connectivity index (χ1v) is 9.55. The number of thioether (sulfide) groups is 1. The first kappa shape index (κ1) is 16.8. The van der Waals surface area contributed by atoms with Crippen molar-refractivity contribution in [2.24, 2.45) is 0 Å². The summed E-state index contributed by atoms with van der Waals surface area (Å²) >= 11 is 3.31. The van der Waals surface area contributed by atoms with Crippen molar-refractivity contribution in [3.8, 4) is 0 Å². The number of amides is 1. The Bertz CT molecular complexity index is 441. The largest absolute Gasteiger partial charge is 0.379 e. The van der Waals surface area contributed by atoms with Crippen LogP contribution in [0.5, 0.6) is 0 Å². The van der Waals surface area contributed by atoms with Crippen LogP contribution >= 0.6 is 23.1 Å². The van der Waals surface area contributed by atoms with Crippen molar-refractivity contribution in [2.45, 2.75) is 31.9 Å². The van der Waals surface area contributed by atoms with Gasteiger partial charge in [0.1, 0.15) is 0 Å². The molecule has 1 aliphatic rings.